The Kier molecular flexibility index (Phi) is 5.66. The van der Waals surface area contributed by atoms with E-state index in [0.29, 0.717) is 19.5 Å². The Balaban J connectivity index is 1.60. The highest BCUT2D eigenvalue weighted by atomic mass is 32.2. The highest BCUT2D eigenvalue weighted by Gasteiger charge is 2.34. The molecule has 0 bridgehead atoms. The number of rotatable bonds is 3. The molecule has 148 valence electrons. The predicted octanol–water partition coefficient (Wildman–Crippen LogP) is 0.449. The molecule has 2 heterocycles. The number of nitrogens with two attached hydrogens (primary N) is 1. The van der Waals surface area contributed by atoms with Gasteiger partial charge < -0.3 is 15.5 Å². The van der Waals surface area contributed by atoms with E-state index in [1.54, 1.807) is 4.90 Å². The SMILES string of the molecule is NC(=O)N1CCC[C@@H](C(=O)N2CCN(S(=O)(=O)c3ccc(F)cc3)CC2)C1. The molecule has 0 saturated carbocycles. The summed E-state index contributed by atoms with van der Waals surface area (Å²) < 4.78 is 39.6. The zero-order chi connectivity index (χ0) is 19.6. The van der Waals surface area contributed by atoms with Crippen LogP contribution in [-0.4, -0.2) is 73.7 Å². The maximum atomic E-state index is 13.0. The predicted molar refractivity (Wildman–Crippen MR) is 95.6 cm³/mol. The molecule has 0 radical (unpaired) electrons. The van der Waals surface area contributed by atoms with Crippen LogP contribution in [0.5, 0.6) is 0 Å². The highest BCUT2D eigenvalue weighted by Crippen LogP contribution is 2.22. The minimum Gasteiger partial charge on any atom is -0.351 e. The molecule has 2 aliphatic rings. The molecule has 1 atom stereocenters. The van der Waals surface area contributed by atoms with Gasteiger partial charge in [-0.25, -0.2) is 17.6 Å². The van der Waals surface area contributed by atoms with Gasteiger partial charge in [0.25, 0.3) is 0 Å². The summed E-state index contributed by atoms with van der Waals surface area (Å²) in [5, 5.41) is 0. The quantitative estimate of drug-likeness (QED) is 0.798. The molecule has 0 unspecified atom stereocenters. The Morgan fingerprint density at radius 3 is 2.22 bits per heavy atom. The number of piperazine rings is 1. The van der Waals surface area contributed by atoms with Gasteiger partial charge in [-0.2, -0.15) is 4.31 Å². The Labute approximate surface area is 157 Å². The molecule has 0 spiro atoms. The van der Waals surface area contributed by atoms with E-state index in [1.807, 2.05) is 0 Å². The molecule has 2 N–H and O–H groups in total. The number of likely N-dealkylation sites (tertiary alicyclic amines) is 1. The van der Waals surface area contributed by atoms with Crippen molar-refractivity contribution >= 4 is 22.0 Å². The van der Waals surface area contributed by atoms with Crippen molar-refractivity contribution in [2.75, 3.05) is 39.3 Å². The van der Waals surface area contributed by atoms with E-state index < -0.39 is 21.9 Å². The van der Waals surface area contributed by atoms with Crippen LogP contribution in [0, 0.1) is 11.7 Å². The molecule has 2 saturated heterocycles. The maximum Gasteiger partial charge on any atom is 0.314 e. The number of nitrogens with zero attached hydrogens (tertiary/aromatic N) is 3. The van der Waals surface area contributed by atoms with Gasteiger partial charge in [0.1, 0.15) is 5.82 Å². The molecular weight excluding hydrogens is 375 g/mol. The Morgan fingerprint density at radius 2 is 1.63 bits per heavy atom. The third kappa shape index (κ3) is 4.22. The van der Waals surface area contributed by atoms with Gasteiger partial charge in [0.15, 0.2) is 0 Å². The number of piperidine rings is 1. The molecule has 3 rings (SSSR count). The number of halogens is 1. The van der Waals surface area contributed by atoms with Crippen molar-refractivity contribution in [2.24, 2.45) is 11.7 Å². The average molecular weight is 398 g/mol. The minimum absolute atomic E-state index is 0.0352. The minimum atomic E-state index is -3.71. The lowest BCUT2D eigenvalue weighted by Gasteiger charge is -2.38. The van der Waals surface area contributed by atoms with Crippen molar-refractivity contribution in [3.63, 3.8) is 0 Å². The Morgan fingerprint density at radius 1 is 1.00 bits per heavy atom. The number of urea groups is 1. The third-order valence-electron chi connectivity index (χ3n) is 5.08. The average Bonchev–Trinajstić information content (AvgIpc) is 2.68. The summed E-state index contributed by atoms with van der Waals surface area (Å²) >= 11 is 0. The van der Waals surface area contributed by atoms with Crippen molar-refractivity contribution in [1.29, 1.82) is 0 Å². The van der Waals surface area contributed by atoms with E-state index >= 15 is 0 Å². The maximum absolute atomic E-state index is 13.0. The van der Waals surface area contributed by atoms with Gasteiger partial charge in [-0.05, 0) is 37.1 Å². The van der Waals surface area contributed by atoms with Crippen molar-refractivity contribution < 1.29 is 22.4 Å². The number of hydrogen-bond acceptors (Lipinski definition) is 4. The molecule has 8 nitrogen and oxygen atoms in total. The molecule has 1 aromatic rings. The number of sulfonamides is 1. The zero-order valence-corrected chi connectivity index (χ0v) is 15.7. The first-order valence-electron chi connectivity index (χ1n) is 8.88. The van der Waals surface area contributed by atoms with Crippen LogP contribution in [0.15, 0.2) is 29.2 Å². The van der Waals surface area contributed by atoms with Crippen LogP contribution in [-0.2, 0) is 14.8 Å². The first-order valence-corrected chi connectivity index (χ1v) is 10.3. The molecule has 27 heavy (non-hydrogen) atoms. The summed E-state index contributed by atoms with van der Waals surface area (Å²) in [7, 11) is -3.71. The topological polar surface area (TPSA) is 104 Å². The molecule has 3 amide bonds. The van der Waals surface area contributed by atoms with Gasteiger partial charge in [0, 0.05) is 39.3 Å². The standard InChI is InChI=1S/C17H23FN4O4S/c18-14-3-5-15(6-4-14)27(25,26)22-10-8-20(9-11-22)16(23)13-2-1-7-21(12-13)17(19)24/h3-6,13H,1-2,7-12H2,(H2,19,24)/t13-/m1/s1. The van der Waals surface area contributed by atoms with E-state index in [2.05, 4.69) is 0 Å². The molecule has 2 fully saturated rings. The van der Waals surface area contributed by atoms with Crippen molar-refractivity contribution in [1.82, 2.24) is 14.1 Å². The molecule has 0 aromatic heterocycles. The fourth-order valence-corrected chi connectivity index (χ4v) is 4.96. The van der Waals surface area contributed by atoms with Gasteiger partial charge in [-0.15, -0.1) is 0 Å². The fraction of sp³-hybridized carbons (Fsp3) is 0.529. The van der Waals surface area contributed by atoms with Gasteiger partial charge >= 0.3 is 6.03 Å². The van der Waals surface area contributed by atoms with Gasteiger partial charge in [0.05, 0.1) is 10.8 Å². The lowest BCUT2D eigenvalue weighted by atomic mass is 9.96. The number of carbonyl (C=O) groups is 2. The molecule has 1 aromatic carbocycles. The molecular formula is C17H23FN4O4S. The van der Waals surface area contributed by atoms with E-state index in [9.17, 15) is 22.4 Å². The largest absolute Gasteiger partial charge is 0.351 e. The summed E-state index contributed by atoms with van der Waals surface area (Å²) in [5.74, 6) is -0.867. The third-order valence-corrected chi connectivity index (χ3v) is 7.00. The highest BCUT2D eigenvalue weighted by molar-refractivity contribution is 7.89. The van der Waals surface area contributed by atoms with E-state index in [1.165, 1.54) is 21.3 Å². The van der Waals surface area contributed by atoms with E-state index in [4.69, 9.17) is 5.73 Å². The van der Waals surface area contributed by atoms with Crippen molar-refractivity contribution in [3.05, 3.63) is 30.1 Å². The Bertz CT molecular complexity index is 807. The first-order chi connectivity index (χ1) is 12.8. The van der Waals surface area contributed by atoms with Crippen LogP contribution in [0.2, 0.25) is 0 Å². The van der Waals surface area contributed by atoms with E-state index in [0.717, 1.165) is 18.6 Å². The van der Waals surface area contributed by atoms with Gasteiger partial charge in [-0.1, -0.05) is 0 Å². The fourth-order valence-electron chi connectivity index (χ4n) is 3.54. The number of benzene rings is 1. The zero-order valence-electron chi connectivity index (χ0n) is 14.9. The molecule has 10 heteroatoms. The van der Waals surface area contributed by atoms with E-state index in [-0.39, 0.29) is 42.9 Å². The first kappa shape index (κ1) is 19.6. The summed E-state index contributed by atoms with van der Waals surface area (Å²) in [4.78, 5) is 27.2. The van der Waals surface area contributed by atoms with Crippen LogP contribution < -0.4 is 5.73 Å². The van der Waals surface area contributed by atoms with Crippen LogP contribution >= 0.6 is 0 Å². The van der Waals surface area contributed by atoms with Crippen LogP contribution in [0.1, 0.15) is 12.8 Å². The second-order valence-corrected chi connectivity index (χ2v) is 8.74. The van der Waals surface area contributed by atoms with Crippen molar-refractivity contribution in [3.8, 4) is 0 Å². The summed E-state index contributed by atoms with van der Waals surface area (Å²) in [6.07, 6.45) is 1.41. The monoisotopic (exact) mass is 398 g/mol. The van der Waals surface area contributed by atoms with Crippen LogP contribution in [0.3, 0.4) is 0 Å². The Hall–Kier alpha value is -2.20. The second-order valence-electron chi connectivity index (χ2n) is 6.81. The summed E-state index contributed by atoms with van der Waals surface area (Å²) in [6, 6.07) is 4.17. The van der Waals surface area contributed by atoms with Gasteiger partial charge in [-0.3, -0.25) is 4.79 Å². The number of carbonyl (C=O) groups excluding carboxylic acids is 2. The lowest BCUT2D eigenvalue weighted by molar-refractivity contribution is -0.138. The normalized spacial score (nSPS) is 21.9. The second kappa shape index (κ2) is 7.81. The van der Waals surface area contributed by atoms with Gasteiger partial charge in [0.2, 0.25) is 15.9 Å². The molecule has 0 aliphatic carbocycles. The molecule has 2 aliphatic heterocycles. The van der Waals surface area contributed by atoms with Crippen LogP contribution in [0.25, 0.3) is 0 Å². The summed E-state index contributed by atoms with van der Waals surface area (Å²) in [5.41, 5.74) is 5.30. The number of amides is 3. The lowest BCUT2D eigenvalue weighted by Crippen LogP contribution is -2.54. The summed E-state index contributed by atoms with van der Waals surface area (Å²) in [6.45, 7) is 1.79. The number of hydrogen-bond donors (Lipinski definition) is 1. The smallest absolute Gasteiger partial charge is 0.314 e. The number of primary amides is 1. The van der Waals surface area contributed by atoms with Crippen molar-refractivity contribution in [2.45, 2.75) is 17.7 Å². The van der Waals surface area contributed by atoms with Crippen LogP contribution in [0.4, 0.5) is 9.18 Å².